The number of carbonyl (C=O) groups is 4. The maximum Gasteiger partial charge on any atom is 0.312 e. The van der Waals surface area contributed by atoms with Crippen LogP contribution in [0.5, 0.6) is 0 Å². The highest BCUT2D eigenvalue weighted by Crippen LogP contribution is 1.97. The summed E-state index contributed by atoms with van der Waals surface area (Å²) < 4.78 is 4.50. The predicted molar refractivity (Wildman–Crippen MR) is 88.5 cm³/mol. The molecule has 0 fully saturated rings. The van der Waals surface area contributed by atoms with E-state index >= 15 is 0 Å². The molecular formula is C14H29N5O5. The topological polar surface area (TPSA) is 166 Å². The summed E-state index contributed by atoms with van der Waals surface area (Å²) in [5, 5.41) is 7.12. The molecule has 24 heavy (non-hydrogen) atoms. The highest BCUT2D eigenvalue weighted by atomic mass is 16.5. The lowest BCUT2D eigenvalue weighted by Gasteiger charge is -2.15. The molecule has 0 saturated heterocycles. The molecule has 1 atom stereocenters. The third kappa shape index (κ3) is 16.0. The molecular weight excluding hydrogens is 318 g/mol. The smallest absolute Gasteiger partial charge is 0.312 e. The third-order valence-electron chi connectivity index (χ3n) is 2.54. The van der Waals surface area contributed by atoms with Gasteiger partial charge in [-0.25, -0.2) is 4.79 Å². The van der Waals surface area contributed by atoms with Gasteiger partial charge in [-0.1, -0.05) is 20.8 Å². The Kier molecular flexibility index (Phi) is 14.2. The van der Waals surface area contributed by atoms with Crippen molar-refractivity contribution in [2.24, 2.45) is 17.4 Å². The number of primary amides is 1. The number of hydrogen-bond acceptors (Lipinski definition) is 6. The molecule has 0 rings (SSSR count). The highest BCUT2D eigenvalue weighted by molar-refractivity contribution is 5.87. The Bertz CT molecular complexity index is 414. The van der Waals surface area contributed by atoms with Crippen molar-refractivity contribution >= 4 is 23.8 Å². The van der Waals surface area contributed by atoms with Crippen LogP contribution < -0.4 is 27.4 Å². The molecule has 10 nitrogen and oxygen atoms in total. The van der Waals surface area contributed by atoms with Gasteiger partial charge in [-0.3, -0.25) is 14.4 Å². The van der Waals surface area contributed by atoms with E-state index in [0.717, 1.165) is 6.42 Å². The Morgan fingerprint density at radius 2 is 1.67 bits per heavy atom. The molecule has 0 bridgehead atoms. The van der Waals surface area contributed by atoms with Crippen molar-refractivity contribution in [1.82, 2.24) is 16.0 Å². The quantitative estimate of drug-likeness (QED) is 0.273. The van der Waals surface area contributed by atoms with Gasteiger partial charge in [0, 0.05) is 13.5 Å². The predicted octanol–water partition coefficient (Wildman–Crippen LogP) is -1.21. The summed E-state index contributed by atoms with van der Waals surface area (Å²) in [4.78, 5) is 42.8. The summed E-state index contributed by atoms with van der Waals surface area (Å²) in [6, 6.07) is -1.09. The zero-order valence-electron chi connectivity index (χ0n) is 14.7. The van der Waals surface area contributed by atoms with Crippen LogP contribution >= 0.6 is 0 Å². The molecule has 0 aliphatic rings. The Balaban J connectivity index is 0. The minimum absolute atomic E-state index is 0.000826. The number of carbonyl (C=O) groups excluding carboxylic acids is 4. The van der Waals surface area contributed by atoms with Crippen molar-refractivity contribution in [2.75, 3.05) is 19.8 Å². The number of nitrogens with two attached hydrogens (primary N) is 2. The van der Waals surface area contributed by atoms with Crippen LogP contribution in [0.15, 0.2) is 0 Å². The van der Waals surface area contributed by atoms with Gasteiger partial charge < -0.3 is 32.2 Å². The second kappa shape index (κ2) is 14.2. The minimum Gasteiger partial charge on any atom is -0.445 e. The first kappa shape index (κ1) is 23.9. The number of amides is 4. The van der Waals surface area contributed by atoms with E-state index in [9.17, 15) is 19.2 Å². The molecule has 0 aromatic carbocycles. The third-order valence-corrected chi connectivity index (χ3v) is 2.54. The van der Waals surface area contributed by atoms with E-state index in [1.54, 1.807) is 0 Å². The molecule has 0 aliphatic carbocycles. The van der Waals surface area contributed by atoms with Gasteiger partial charge in [0.25, 0.3) is 0 Å². The Morgan fingerprint density at radius 1 is 1.08 bits per heavy atom. The Morgan fingerprint density at radius 3 is 2.04 bits per heavy atom. The first-order valence-corrected chi connectivity index (χ1v) is 7.58. The Hall–Kier alpha value is -2.36. The van der Waals surface area contributed by atoms with Crippen LogP contribution in [0.25, 0.3) is 0 Å². The first-order chi connectivity index (χ1) is 11.1. The minimum atomic E-state index is -0.642. The average Bonchev–Trinajstić information content (AvgIpc) is 2.49. The highest BCUT2D eigenvalue weighted by Gasteiger charge is 2.17. The lowest BCUT2D eigenvalue weighted by atomic mass is 10.1. The van der Waals surface area contributed by atoms with Crippen LogP contribution in [0, 0.1) is 5.92 Å². The summed E-state index contributed by atoms with van der Waals surface area (Å²) >= 11 is 0. The van der Waals surface area contributed by atoms with E-state index in [1.165, 1.54) is 6.92 Å². The molecule has 10 heteroatoms. The van der Waals surface area contributed by atoms with Crippen LogP contribution in [0.2, 0.25) is 0 Å². The maximum absolute atomic E-state index is 11.4. The fourth-order valence-electron chi connectivity index (χ4n) is 1.12. The fraction of sp³-hybridized carbons (Fsp3) is 0.714. The molecule has 0 spiro atoms. The average molecular weight is 347 g/mol. The molecule has 0 radical (unpaired) electrons. The van der Waals surface area contributed by atoms with E-state index in [4.69, 9.17) is 11.5 Å². The molecule has 0 aromatic heterocycles. The summed E-state index contributed by atoms with van der Waals surface area (Å²) in [5.74, 6) is -1.33. The number of urea groups is 1. The lowest BCUT2D eigenvalue weighted by Crippen LogP contribution is -2.47. The van der Waals surface area contributed by atoms with Crippen LogP contribution in [0.1, 0.15) is 34.1 Å². The number of ether oxygens (including phenoxy) is 1. The van der Waals surface area contributed by atoms with Gasteiger partial charge in [0.1, 0.15) is 0 Å². The number of nitrogens with one attached hydrogen (secondary N) is 3. The maximum atomic E-state index is 11.4. The molecule has 1 unspecified atom stereocenters. The van der Waals surface area contributed by atoms with E-state index in [1.807, 2.05) is 20.8 Å². The van der Waals surface area contributed by atoms with Crippen molar-refractivity contribution in [3.8, 4) is 0 Å². The summed E-state index contributed by atoms with van der Waals surface area (Å²) in [6.07, 6.45) is 0.933. The largest absolute Gasteiger partial charge is 0.445 e. The van der Waals surface area contributed by atoms with Gasteiger partial charge in [0.2, 0.25) is 11.8 Å². The Labute approximate surface area is 142 Å². The number of rotatable bonds is 8. The van der Waals surface area contributed by atoms with E-state index in [0.29, 0.717) is 6.54 Å². The fourth-order valence-corrected chi connectivity index (χ4v) is 1.12. The zero-order chi connectivity index (χ0) is 19.1. The van der Waals surface area contributed by atoms with Gasteiger partial charge in [-0.15, -0.1) is 0 Å². The molecule has 7 N–H and O–H groups in total. The van der Waals surface area contributed by atoms with Crippen molar-refractivity contribution in [3.63, 3.8) is 0 Å². The molecule has 0 aliphatic heterocycles. The summed E-state index contributed by atoms with van der Waals surface area (Å²) in [5.41, 5.74) is 10.3. The van der Waals surface area contributed by atoms with Crippen molar-refractivity contribution in [1.29, 1.82) is 0 Å². The van der Waals surface area contributed by atoms with Crippen LogP contribution in [0.4, 0.5) is 4.79 Å². The molecule has 0 heterocycles. The zero-order valence-corrected chi connectivity index (χ0v) is 14.7. The molecule has 0 aromatic rings. The van der Waals surface area contributed by atoms with Crippen LogP contribution in [-0.4, -0.2) is 49.7 Å². The van der Waals surface area contributed by atoms with Gasteiger partial charge >= 0.3 is 12.0 Å². The molecule has 0 saturated carbocycles. The lowest BCUT2D eigenvalue weighted by molar-refractivity contribution is -0.143. The second-order valence-electron chi connectivity index (χ2n) is 5.16. The van der Waals surface area contributed by atoms with Gasteiger partial charge in [0.05, 0.1) is 12.6 Å². The SMILES string of the molecule is CC(=O)OCNC(=O)CNC(=O)C(N)C(C)C.CCCNC(N)=O. The van der Waals surface area contributed by atoms with Crippen LogP contribution in [0.3, 0.4) is 0 Å². The summed E-state index contributed by atoms with van der Waals surface area (Å²) in [7, 11) is 0. The van der Waals surface area contributed by atoms with Gasteiger partial charge in [-0.05, 0) is 12.3 Å². The summed E-state index contributed by atoms with van der Waals surface area (Å²) in [6.45, 7) is 7.09. The van der Waals surface area contributed by atoms with E-state index in [-0.39, 0.29) is 25.1 Å². The van der Waals surface area contributed by atoms with E-state index in [2.05, 4.69) is 20.7 Å². The second-order valence-corrected chi connectivity index (χ2v) is 5.16. The monoisotopic (exact) mass is 347 g/mol. The van der Waals surface area contributed by atoms with Crippen molar-refractivity contribution in [3.05, 3.63) is 0 Å². The molecule has 4 amide bonds. The van der Waals surface area contributed by atoms with Crippen molar-refractivity contribution in [2.45, 2.75) is 40.2 Å². The first-order valence-electron chi connectivity index (χ1n) is 7.58. The molecule has 140 valence electrons. The van der Waals surface area contributed by atoms with Gasteiger partial charge in [-0.2, -0.15) is 0 Å². The van der Waals surface area contributed by atoms with Crippen molar-refractivity contribution < 1.29 is 23.9 Å². The van der Waals surface area contributed by atoms with E-state index < -0.39 is 23.9 Å². The number of hydrogen-bond donors (Lipinski definition) is 5. The number of esters is 1. The normalized spacial score (nSPS) is 10.8. The standard InChI is InChI=1S/C10H19N3O4.C4H10N2O/c1-6(2)9(11)10(16)12-4-8(15)13-5-17-7(3)14;1-2-3-6-4(5)7/h6,9H,4-5,11H2,1-3H3,(H,12,16)(H,13,15);2-3H2,1H3,(H3,5,6,7). The van der Waals surface area contributed by atoms with Gasteiger partial charge in [0.15, 0.2) is 6.73 Å². The van der Waals surface area contributed by atoms with Crippen LogP contribution in [-0.2, 0) is 19.1 Å².